The number of halogens is 1. The Morgan fingerprint density at radius 2 is 1.93 bits per heavy atom. The fourth-order valence-corrected chi connectivity index (χ4v) is 3.43. The van der Waals surface area contributed by atoms with Crippen LogP contribution in [-0.2, 0) is 13.0 Å². The van der Waals surface area contributed by atoms with Crippen LogP contribution in [0.1, 0.15) is 34.2 Å². The molecule has 5 nitrogen and oxygen atoms in total. The molecule has 2 heterocycles. The van der Waals surface area contributed by atoms with Gasteiger partial charge in [0.25, 0.3) is 5.91 Å². The van der Waals surface area contributed by atoms with E-state index in [0.29, 0.717) is 17.3 Å². The first-order chi connectivity index (χ1) is 13.1. The number of hydrogen-bond donors (Lipinski definition) is 1. The van der Waals surface area contributed by atoms with E-state index in [1.165, 1.54) is 29.8 Å². The third kappa shape index (κ3) is 3.69. The first-order valence-corrected chi connectivity index (χ1v) is 8.89. The van der Waals surface area contributed by atoms with Crippen molar-refractivity contribution in [3.8, 4) is 5.75 Å². The molecule has 27 heavy (non-hydrogen) atoms. The number of amides is 1. The van der Waals surface area contributed by atoms with Crippen molar-refractivity contribution in [3.63, 3.8) is 0 Å². The average molecular weight is 365 g/mol. The number of imidazole rings is 1. The summed E-state index contributed by atoms with van der Waals surface area (Å²) in [4.78, 5) is 16.9. The van der Waals surface area contributed by atoms with E-state index in [1.807, 2.05) is 12.1 Å². The fraction of sp³-hybridized carbons (Fsp3) is 0.238. The standard InChI is InChI=1S/C21H20FN3O2/c1-27-18-9-2-14(3-10-18)15-4-11-20-24-19(13-25(20)12-15)21(26)23-17-7-5-16(22)6-8-17/h2-3,5-10,13,15H,4,11-12H2,1H3,(H,23,26). The Kier molecular flexibility index (Phi) is 4.62. The molecule has 0 saturated carbocycles. The van der Waals surface area contributed by atoms with Crippen LogP contribution in [-0.4, -0.2) is 22.6 Å². The maximum Gasteiger partial charge on any atom is 0.275 e. The lowest BCUT2D eigenvalue weighted by Gasteiger charge is -2.24. The summed E-state index contributed by atoms with van der Waals surface area (Å²) in [6.45, 7) is 0.790. The molecule has 0 fully saturated rings. The van der Waals surface area contributed by atoms with Crippen molar-refractivity contribution in [2.45, 2.75) is 25.3 Å². The monoisotopic (exact) mass is 365 g/mol. The predicted octanol–water partition coefficient (Wildman–Crippen LogP) is 4.01. The molecule has 1 N–H and O–H groups in total. The van der Waals surface area contributed by atoms with E-state index in [-0.39, 0.29) is 11.7 Å². The Bertz CT molecular complexity index is 949. The van der Waals surface area contributed by atoms with Crippen LogP contribution >= 0.6 is 0 Å². The molecule has 2 aromatic carbocycles. The van der Waals surface area contributed by atoms with E-state index in [4.69, 9.17) is 4.74 Å². The number of benzene rings is 2. The number of carbonyl (C=O) groups excluding carboxylic acids is 1. The van der Waals surface area contributed by atoms with E-state index in [1.54, 1.807) is 13.3 Å². The number of fused-ring (bicyclic) bond motifs is 1. The SMILES string of the molecule is COc1ccc(C2CCc3nc(C(=O)Nc4ccc(F)cc4)cn3C2)cc1. The molecule has 1 unspecified atom stereocenters. The molecule has 1 amide bonds. The smallest absolute Gasteiger partial charge is 0.275 e. The second-order valence-corrected chi connectivity index (χ2v) is 6.66. The Hall–Kier alpha value is -3.15. The summed E-state index contributed by atoms with van der Waals surface area (Å²) >= 11 is 0. The van der Waals surface area contributed by atoms with Gasteiger partial charge in [-0.05, 0) is 48.4 Å². The minimum atomic E-state index is -0.338. The molecule has 0 aliphatic carbocycles. The van der Waals surface area contributed by atoms with Gasteiger partial charge in [0.2, 0.25) is 0 Å². The highest BCUT2D eigenvalue weighted by Gasteiger charge is 2.23. The number of nitrogens with zero attached hydrogens (tertiary/aromatic N) is 2. The average Bonchev–Trinajstić information content (AvgIpc) is 3.13. The lowest BCUT2D eigenvalue weighted by molar-refractivity contribution is 0.102. The van der Waals surface area contributed by atoms with Crippen LogP contribution in [0.15, 0.2) is 54.7 Å². The van der Waals surface area contributed by atoms with Crippen LogP contribution in [0.25, 0.3) is 0 Å². The van der Waals surface area contributed by atoms with Crippen molar-refractivity contribution in [1.82, 2.24) is 9.55 Å². The van der Waals surface area contributed by atoms with Crippen LogP contribution in [0.4, 0.5) is 10.1 Å². The molecule has 138 valence electrons. The fourth-order valence-electron chi connectivity index (χ4n) is 3.43. The summed E-state index contributed by atoms with van der Waals surface area (Å²) in [5.74, 6) is 1.52. The summed E-state index contributed by atoms with van der Waals surface area (Å²) in [6, 6.07) is 13.8. The number of hydrogen-bond acceptors (Lipinski definition) is 3. The lowest BCUT2D eigenvalue weighted by Crippen LogP contribution is -2.18. The summed E-state index contributed by atoms with van der Waals surface area (Å²) < 4.78 is 20.3. The largest absolute Gasteiger partial charge is 0.497 e. The Balaban J connectivity index is 1.47. The Morgan fingerprint density at radius 1 is 1.19 bits per heavy atom. The van der Waals surface area contributed by atoms with Gasteiger partial charge in [-0.2, -0.15) is 0 Å². The van der Waals surface area contributed by atoms with Crippen LogP contribution in [0.5, 0.6) is 5.75 Å². The van der Waals surface area contributed by atoms with Gasteiger partial charge in [-0.15, -0.1) is 0 Å². The summed E-state index contributed by atoms with van der Waals surface area (Å²) in [5, 5.41) is 2.75. The van der Waals surface area contributed by atoms with Crippen molar-refractivity contribution in [2.75, 3.05) is 12.4 Å². The van der Waals surface area contributed by atoms with Crippen LogP contribution in [0.3, 0.4) is 0 Å². The summed E-state index contributed by atoms with van der Waals surface area (Å²) in [5.41, 5.74) is 2.18. The van der Waals surface area contributed by atoms with Crippen molar-refractivity contribution in [3.05, 3.63) is 77.6 Å². The number of anilines is 1. The normalized spacial score (nSPS) is 15.9. The topological polar surface area (TPSA) is 56.1 Å². The van der Waals surface area contributed by atoms with Gasteiger partial charge >= 0.3 is 0 Å². The molecular formula is C21H20FN3O2. The van der Waals surface area contributed by atoms with Crippen LogP contribution in [0.2, 0.25) is 0 Å². The summed E-state index contributed by atoms with van der Waals surface area (Å²) in [7, 11) is 1.66. The van der Waals surface area contributed by atoms with E-state index in [0.717, 1.165) is 31.0 Å². The van der Waals surface area contributed by atoms with Gasteiger partial charge in [-0.3, -0.25) is 4.79 Å². The molecule has 3 aromatic rings. The number of aryl methyl sites for hydroxylation is 1. The zero-order valence-electron chi connectivity index (χ0n) is 15.0. The number of aromatic nitrogens is 2. The highest BCUT2D eigenvalue weighted by atomic mass is 19.1. The Labute approximate surface area is 156 Å². The molecular weight excluding hydrogens is 345 g/mol. The van der Waals surface area contributed by atoms with E-state index >= 15 is 0 Å². The number of ether oxygens (including phenoxy) is 1. The molecule has 1 atom stereocenters. The maximum atomic E-state index is 13.0. The number of rotatable bonds is 4. The number of carbonyl (C=O) groups is 1. The molecule has 0 radical (unpaired) electrons. The quantitative estimate of drug-likeness (QED) is 0.760. The molecule has 6 heteroatoms. The van der Waals surface area contributed by atoms with Gasteiger partial charge in [0.15, 0.2) is 0 Å². The minimum absolute atomic E-state index is 0.287. The first kappa shape index (κ1) is 17.3. The van der Waals surface area contributed by atoms with E-state index in [2.05, 4.69) is 27.0 Å². The maximum absolute atomic E-state index is 13.0. The number of methoxy groups -OCH3 is 1. The number of nitrogens with one attached hydrogen (secondary N) is 1. The molecule has 1 aliphatic heterocycles. The zero-order valence-corrected chi connectivity index (χ0v) is 15.0. The highest BCUT2D eigenvalue weighted by molar-refractivity contribution is 6.02. The second-order valence-electron chi connectivity index (χ2n) is 6.66. The predicted molar refractivity (Wildman–Crippen MR) is 101 cm³/mol. The zero-order chi connectivity index (χ0) is 18.8. The van der Waals surface area contributed by atoms with Gasteiger partial charge in [-0.25, -0.2) is 9.37 Å². The first-order valence-electron chi connectivity index (χ1n) is 8.89. The van der Waals surface area contributed by atoms with Crippen molar-refractivity contribution in [2.24, 2.45) is 0 Å². The van der Waals surface area contributed by atoms with Gasteiger partial charge < -0.3 is 14.6 Å². The van der Waals surface area contributed by atoms with Crippen molar-refractivity contribution in [1.29, 1.82) is 0 Å². The molecule has 1 aromatic heterocycles. The molecule has 0 bridgehead atoms. The van der Waals surface area contributed by atoms with E-state index < -0.39 is 0 Å². The Morgan fingerprint density at radius 3 is 2.63 bits per heavy atom. The molecule has 4 rings (SSSR count). The van der Waals surface area contributed by atoms with Gasteiger partial charge in [0.05, 0.1) is 7.11 Å². The summed E-state index contributed by atoms with van der Waals surface area (Å²) in [6.07, 6.45) is 3.60. The van der Waals surface area contributed by atoms with Gasteiger partial charge in [-0.1, -0.05) is 12.1 Å². The second kappa shape index (κ2) is 7.23. The van der Waals surface area contributed by atoms with Crippen molar-refractivity contribution < 1.29 is 13.9 Å². The van der Waals surface area contributed by atoms with E-state index in [9.17, 15) is 9.18 Å². The molecule has 0 spiro atoms. The minimum Gasteiger partial charge on any atom is -0.497 e. The van der Waals surface area contributed by atoms with Crippen LogP contribution in [0, 0.1) is 5.82 Å². The highest BCUT2D eigenvalue weighted by Crippen LogP contribution is 2.30. The third-order valence-electron chi connectivity index (χ3n) is 4.91. The van der Waals surface area contributed by atoms with Crippen LogP contribution < -0.4 is 10.1 Å². The molecule has 1 aliphatic rings. The van der Waals surface area contributed by atoms with Crippen molar-refractivity contribution >= 4 is 11.6 Å². The lowest BCUT2D eigenvalue weighted by atomic mass is 9.91. The van der Waals surface area contributed by atoms with Gasteiger partial charge in [0.1, 0.15) is 23.1 Å². The third-order valence-corrected chi connectivity index (χ3v) is 4.91. The molecule has 0 saturated heterocycles. The van der Waals surface area contributed by atoms with Gasteiger partial charge in [0, 0.05) is 30.8 Å².